The van der Waals surface area contributed by atoms with Crippen molar-refractivity contribution in [1.82, 2.24) is 4.67 Å². The van der Waals surface area contributed by atoms with Crippen LogP contribution in [0, 0.1) is 0 Å². The molecule has 2 atom stereocenters. The summed E-state index contributed by atoms with van der Waals surface area (Å²) in [4.78, 5) is 0. The Bertz CT molecular complexity index is 1210. The lowest BCUT2D eigenvalue weighted by molar-refractivity contribution is 0.319. The fourth-order valence-electron chi connectivity index (χ4n) is 4.10. The van der Waals surface area contributed by atoms with Crippen LogP contribution in [-0.2, 0) is 13.7 Å². The third kappa shape index (κ3) is 4.28. The van der Waals surface area contributed by atoms with Gasteiger partial charge in [0, 0.05) is 27.8 Å². The van der Waals surface area contributed by atoms with E-state index in [9.17, 15) is 9.13 Å². The van der Waals surface area contributed by atoms with E-state index < -0.39 is 14.7 Å². The van der Waals surface area contributed by atoms with E-state index in [1.807, 2.05) is 126 Å². The molecule has 1 fully saturated rings. The van der Waals surface area contributed by atoms with Crippen molar-refractivity contribution < 1.29 is 13.7 Å². The first kappa shape index (κ1) is 22.1. The minimum Gasteiger partial charge on any atom is -0.320 e. The highest BCUT2D eigenvalue weighted by molar-refractivity contribution is 7.76. The fourth-order valence-corrected chi connectivity index (χ4v) is 9.19. The summed E-state index contributed by atoms with van der Waals surface area (Å²) in [5.41, 5.74) is 0. The van der Waals surface area contributed by atoms with Gasteiger partial charge >= 0.3 is 0 Å². The van der Waals surface area contributed by atoms with Gasteiger partial charge in [0.05, 0.1) is 12.6 Å². The fraction of sp³-hybridized carbons (Fsp3) is 0.111. The quantitative estimate of drug-likeness (QED) is 0.278. The highest BCUT2D eigenvalue weighted by Crippen LogP contribution is 2.56. The Morgan fingerprint density at radius 2 is 0.970 bits per heavy atom. The lowest BCUT2D eigenvalue weighted by Gasteiger charge is -2.23. The Kier molecular flexibility index (Phi) is 6.19. The van der Waals surface area contributed by atoms with Gasteiger partial charge in [0.15, 0.2) is 0 Å². The van der Waals surface area contributed by atoms with Gasteiger partial charge in [0.25, 0.3) is 7.37 Å². The highest BCUT2D eigenvalue weighted by Gasteiger charge is 2.50. The van der Waals surface area contributed by atoms with Gasteiger partial charge in [-0.3, -0.25) is 9.13 Å². The number of benzene rings is 4. The zero-order valence-corrected chi connectivity index (χ0v) is 19.9. The van der Waals surface area contributed by atoms with Crippen molar-refractivity contribution in [3.8, 4) is 0 Å². The molecule has 1 unspecified atom stereocenters. The van der Waals surface area contributed by atoms with Crippen LogP contribution in [0.4, 0.5) is 0 Å². The SMILES string of the molecule is O=P(OC[C@H]1CN1P(=O)(c1ccccc1)c1ccccc1)(c1ccccc1)c1ccccc1. The third-order valence-electron chi connectivity index (χ3n) is 5.90. The molecule has 0 bridgehead atoms. The summed E-state index contributed by atoms with van der Waals surface area (Å²) in [6.45, 7) is 0.870. The lowest BCUT2D eigenvalue weighted by atomic mass is 10.4. The van der Waals surface area contributed by atoms with Gasteiger partial charge in [-0.25, -0.2) is 4.67 Å². The van der Waals surface area contributed by atoms with Gasteiger partial charge in [0.1, 0.15) is 0 Å². The second-order valence-electron chi connectivity index (χ2n) is 8.04. The molecule has 0 saturated carbocycles. The van der Waals surface area contributed by atoms with Crippen LogP contribution in [0.1, 0.15) is 0 Å². The zero-order chi connectivity index (χ0) is 22.7. The second-order valence-corrected chi connectivity index (χ2v) is 13.1. The van der Waals surface area contributed by atoms with Gasteiger partial charge in [-0.05, 0) is 48.5 Å². The van der Waals surface area contributed by atoms with Crippen molar-refractivity contribution in [3.63, 3.8) is 0 Å². The second kappa shape index (κ2) is 9.25. The molecular weight excluding hydrogens is 448 g/mol. The average Bonchev–Trinajstić information content (AvgIpc) is 3.69. The van der Waals surface area contributed by atoms with E-state index in [0.717, 1.165) is 10.6 Å². The van der Waals surface area contributed by atoms with Gasteiger partial charge in [-0.1, -0.05) is 72.8 Å². The Morgan fingerprint density at radius 1 is 0.606 bits per heavy atom. The predicted molar refractivity (Wildman–Crippen MR) is 136 cm³/mol. The maximum absolute atomic E-state index is 14.5. The van der Waals surface area contributed by atoms with Gasteiger partial charge in [-0.15, -0.1) is 0 Å². The van der Waals surface area contributed by atoms with E-state index in [2.05, 4.69) is 0 Å². The summed E-state index contributed by atoms with van der Waals surface area (Å²) < 4.78 is 36.8. The highest BCUT2D eigenvalue weighted by atomic mass is 31.2. The molecule has 5 rings (SSSR count). The summed E-state index contributed by atoms with van der Waals surface area (Å²) in [5, 5.41) is 2.93. The first-order chi connectivity index (χ1) is 16.1. The number of nitrogens with zero attached hydrogens (tertiary/aromatic N) is 1. The van der Waals surface area contributed by atoms with E-state index in [1.165, 1.54) is 0 Å². The Hall–Kier alpha value is -2.74. The molecule has 166 valence electrons. The molecule has 0 radical (unpaired) electrons. The van der Waals surface area contributed by atoms with Crippen molar-refractivity contribution in [1.29, 1.82) is 0 Å². The Labute approximate surface area is 194 Å². The molecule has 0 aliphatic carbocycles. The van der Waals surface area contributed by atoms with Crippen LogP contribution in [-0.4, -0.2) is 23.9 Å². The molecule has 4 aromatic rings. The van der Waals surface area contributed by atoms with E-state index in [1.54, 1.807) is 0 Å². The van der Waals surface area contributed by atoms with E-state index >= 15 is 0 Å². The van der Waals surface area contributed by atoms with Crippen LogP contribution < -0.4 is 21.2 Å². The molecule has 6 heteroatoms. The molecule has 1 heterocycles. The third-order valence-corrected chi connectivity index (χ3v) is 11.6. The summed E-state index contributed by atoms with van der Waals surface area (Å²) in [6.07, 6.45) is 0. The summed E-state index contributed by atoms with van der Waals surface area (Å²) >= 11 is 0. The van der Waals surface area contributed by atoms with Crippen LogP contribution in [0.15, 0.2) is 121 Å². The first-order valence-electron chi connectivity index (χ1n) is 11.0. The molecule has 0 N–H and O–H groups in total. The summed E-state index contributed by atoms with van der Waals surface area (Å²) in [7, 11) is -6.28. The average molecular weight is 473 g/mol. The Balaban J connectivity index is 1.43. The van der Waals surface area contributed by atoms with Crippen LogP contribution in [0.3, 0.4) is 0 Å². The van der Waals surface area contributed by atoms with E-state index in [-0.39, 0.29) is 12.6 Å². The molecule has 1 aliphatic rings. The molecule has 4 aromatic carbocycles. The molecule has 0 amide bonds. The van der Waals surface area contributed by atoms with E-state index in [4.69, 9.17) is 4.52 Å². The topological polar surface area (TPSA) is 46.4 Å². The Morgan fingerprint density at radius 3 is 1.36 bits per heavy atom. The monoisotopic (exact) mass is 473 g/mol. The minimum atomic E-state index is -3.28. The number of hydrogen-bond acceptors (Lipinski definition) is 3. The van der Waals surface area contributed by atoms with Crippen molar-refractivity contribution in [2.75, 3.05) is 13.2 Å². The van der Waals surface area contributed by atoms with Crippen LogP contribution in [0.2, 0.25) is 0 Å². The maximum atomic E-state index is 14.5. The molecular formula is C27H25NO3P2. The lowest BCUT2D eigenvalue weighted by Crippen LogP contribution is -2.24. The molecule has 33 heavy (non-hydrogen) atoms. The molecule has 1 aliphatic heterocycles. The van der Waals surface area contributed by atoms with Crippen LogP contribution in [0.5, 0.6) is 0 Å². The molecule has 0 aromatic heterocycles. The van der Waals surface area contributed by atoms with Gasteiger partial charge < -0.3 is 4.52 Å². The van der Waals surface area contributed by atoms with Gasteiger partial charge in [-0.2, -0.15) is 0 Å². The zero-order valence-electron chi connectivity index (χ0n) is 18.1. The van der Waals surface area contributed by atoms with Crippen LogP contribution in [0.25, 0.3) is 0 Å². The van der Waals surface area contributed by atoms with E-state index in [0.29, 0.717) is 17.2 Å². The van der Waals surface area contributed by atoms with Gasteiger partial charge in [0.2, 0.25) is 7.29 Å². The molecule has 0 spiro atoms. The van der Waals surface area contributed by atoms with Crippen molar-refractivity contribution in [2.24, 2.45) is 0 Å². The molecule has 4 nitrogen and oxygen atoms in total. The predicted octanol–water partition coefficient (Wildman–Crippen LogP) is 4.55. The van der Waals surface area contributed by atoms with Crippen LogP contribution >= 0.6 is 14.7 Å². The maximum Gasteiger partial charge on any atom is 0.261 e. The first-order valence-corrected chi connectivity index (χ1v) is 14.2. The summed E-state index contributed by atoms with van der Waals surface area (Å²) in [5.74, 6) is 0. The van der Waals surface area contributed by atoms with Crippen molar-refractivity contribution in [2.45, 2.75) is 6.04 Å². The smallest absolute Gasteiger partial charge is 0.261 e. The standard InChI is InChI=1S/C27H25NO3P2/c29-32(24-13-5-1-6-14-24,25-15-7-2-8-16-25)28-21-23(28)22-31-33(30,26-17-9-3-10-18-26)27-19-11-4-12-20-27/h1-20,23H,21-22H2/t23-,28?/m1/s1. The number of rotatable bonds is 8. The minimum absolute atomic E-state index is 0.0722. The van der Waals surface area contributed by atoms with Crippen molar-refractivity contribution in [3.05, 3.63) is 121 Å². The summed E-state index contributed by atoms with van der Waals surface area (Å²) in [6, 6.07) is 37.8. The number of hydrogen-bond donors (Lipinski definition) is 0. The largest absolute Gasteiger partial charge is 0.320 e. The molecule has 1 saturated heterocycles. The normalized spacial score (nSPS) is 18.1. The van der Waals surface area contributed by atoms with Crippen molar-refractivity contribution >= 4 is 35.9 Å².